The van der Waals surface area contributed by atoms with Gasteiger partial charge in [-0.05, 0) is 38.5 Å². The third kappa shape index (κ3) is 42.4. The van der Waals surface area contributed by atoms with Gasteiger partial charge >= 0.3 is 19.8 Å². The van der Waals surface area contributed by atoms with Gasteiger partial charge in [0.2, 0.25) is 0 Å². The van der Waals surface area contributed by atoms with E-state index in [4.69, 9.17) is 18.5 Å². The molecule has 9 nitrogen and oxygen atoms in total. The van der Waals surface area contributed by atoms with E-state index in [-0.39, 0.29) is 32.0 Å². The van der Waals surface area contributed by atoms with E-state index in [2.05, 4.69) is 26.0 Å². The number of allylic oxidation sites excluding steroid dienone is 2. The molecule has 0 bridgehead atoms. The second-order valence-electron chi connectivity index (χ2n) is 17.1. The van der Waals surface area contributed by atoms with Crippen LogP contribution in [0.1, 0.15) is 219 Å². The first-order chi connectivity index (χ1) is 27.0. The third-order valence-corrected chi connectivity index (χ3v) is 11.3. The van der Waals surface area contributed by atoms with Crippen LogP contribution in [0.3, 0.4) is 0 Å². The molecule has 0 amide bonds. The Bertz CT molecular complexity index is 969. The van der Waals surface area contributed by atoms with Gasteiger partial charge in [-0.1, -0.05) is 180 Å². The van der Waals surface area contributed by atoms with Crippen LogP contribution in [-0.2, 0) is 32.7 Å². The van der Waals surface area contributed by atoms with Crippen molar-refractivity contribution in [3.8, 4) is 0 Å². The molecule has 10 heteroatoms. The third-order valence-electron chi connectivity index (χ3n) is 10.3. The van der Waals surface area contributed by atoms with E-state index in [1.54, 1.807) is 0 Å². The molecular formula is C46H91NO8P+. The van der Waals surface area contributed by atoms with Gasteiger partial charge in [0.15, 0.2) is 6.10 Å². The van der Waals surface area contributed by atoms with Crippen molar-refractivity contribution >= 4 is 19.8 Å². The molecule has 0 saturated heterocycles. The van der Waals surface area contributed by atoms with E-state index < -0.39 is 26.5 Å². The number of ether oxygens (including phenoxy) is 2. The van der Waals surface area contributed by atoms with Crippen LogP contribution in [0.5, 0.6) is 0 Å². The highest BCUT2D eigenvalue weighted by molar-refractivity contribution is 7.47. The SMILES string of the molecule is CCCCCCC/C=C/CCCCCCCC(=O)OC[C@H](COP(=O)(O)OCC[N+](C)(C)C)OC(=O)CCCCCCCCCCCCCCCCCCCC. The zero-order valence-electron chi connectivity index (χ0n) is 37.4. The van der Waals surface area contributed by atoms with Gasteiger partial charge in [0.25, 0.3) is 0 Å². The van der Waals surface area contributed by atoms with E-state index in [1.165, 1.54) is 135 Å². The van der Waals surface area contributed by atoms with Crippen molar-refractivity contribution in [3.05, 3.63) is 12.2 Å². The molecule has 0 rings (SSSR count). The predicted octanol–water partition coefficient (Wildman–Crippen LogP) is 13.4. The van der Waals surface area contributed by atoms with Crippen molar-refractivity contribution in [3.63, 3.8) is 0 Å². The van der Waals surface area contributed by atoms with E-state index in [0.29, 0.717) is 17.4 Å². The van der Waals surface area contributed by atoms with Crippen molar-refractivity contribution in [2.24, 2.45) is 0 Å². The number of phosphoric ester groups is 1. The summed E-state index contributed by atoms with van der Waals surface area (Å²) in [5.41, 5.74) is 0. The Morgan fingerprint density at radius 3 is 1.32 bits per heavy atom. The molecule has 0 aromatic rings. The van der Waals surface area contributed by atoms with Crippen LogP contribution in [0.25, 0.3) is 0 Å². The number of esters is 2. The summed E-state index contributed by atoms with van der Waals surface area (Å²) in [6.07, 6.45) is 41.1. The van der Waals surface area contributed by atoms with Gasteiger partial charge in [0, 0.05) is 12.8 Å². The molecule has 332 valence electrons. The van der Waals surface area contributed by atoms with E-state index in [9.17, 15) is 19.0 Å². The quantitative estimate of drug-likeness (QED) is 0.0213. The monoisotopic (exact) mass is 817 g/mol. The lowest BCUT2D eigenvalue weighted by Crippen LogP contribution is -2.37. The van der Waals surface area contributed by atoms with Crippen LogP contribution >= 0.6 is 7.82 Å². The summed E-state index contributed by atoms with van der Waals surface area (Å²) in [7, 11) is 1.48. The molecule has 0 spiro atoms. The molecule has 0 aromatic carbocycles. The first-order valence-electron chi connectivity index (χ1n) is 23.4. The summed E-state index contributed by atoms with van der Waals surface area (Å²) in [5, 5.41) is 0. The minimum atomic E-state index is -4.37. The summed E-state index contributed by atoms with van der Waals surface area (Å²) in [4.78, 5) is 35.4. The summed E-state index contributed by atoms with van der Waals surface area (Å²) in [5.74, 6) is -0.797. The highest BCUT2D eigenvalue weighted by Gasteiger charge is 2.27. The Balaban J connectivity index is 4.29. The van der Waals surface area contributed by atoms with Crippen LogP contribution < -0.4 is 0 Å². The number of likely N-dealkylation sites (N-methyl/N-ethyl adjacent to an activating group) is 1. The van der Waals surface area contributed by atoms with Crippen LogP contribution in [0.4, 0.5) is 0 Å². The second-order valence-corrected chi connectivity index (χ2v) is 18.6. The van der Waals surface area contributed by atoms with Crippen molar-refractivity contribution in [1.82, 2.24) is 0 Å². The number of phosphoric acid groups is 1. The maximum absolute atomic E-state index is 12.7. The maximum atomic E-state index is 12.7. The molecule has 0 aliphatic heterocycles. The van der Waals surface area contributed by atoms with E-state index >= 15 is 0 Å². The summed E-state index contributed by atoms with van der Waals surface area (Å²) in [6.45, 7) is 4.44. The Hall–Kier alpha value is -1.25. The molecule has 0 heterocycles. The molecule has 0 fully saturated rings. The number of nitrogens with zero attached hydrogens (tertiary/aromatic N) is 1. The van der Waals surface area contributed by atoms with E-state index in [0.717, 1.165) is 51.4 Å². The van der Waals surface area contributed by atoms with Crippen LogP contribution in [-0.4, -0.2) is 74.9 Å². The largest absolute Gasteiger partial charge is 0.472 e. The molecule has 1 N–H and O–H groups in total. The molecule has 0 aromatic heterocycles. The lowest BCUT2D eigenvalue weighted by molar-refractivity contribution is -0.870. The Labute approximate surface area is 346 Å². The summed E-state index contributed by atoms with van der Waals surface area (Å²) < 4.78 is 34.4. The van der Waals surface area contributed by atoms with Crippen molar-refractivity contribution in [2.75, 3.05) is 47.5 Å². The Morgan fingerprint density at radius 2 is 0.911 bits per heavy atom. The van der Waals surface area contributed by atoms with Crippen LogP contribution in [0.15, 0.2) is 12.2 Å². The highest BCUT2D eigenvalue weighted by Crippen LogP contribution is 2.43. The normalized spacial score (nSPS) is 13.6. The average molecular weight is 817 g/mol. The van der Waals surface area contributed by atoms with Crippen LogP contribution in [0, 0.1) is 0 Å². The van der Waals surface area contributed by atoms with Crippen molar-refractivity contribution in [2.45, 2.75) is 225 Å². The van der Waals surface area contributed by atoms with Gasteiger partial charge in [0.1, 0.15) is 19.8 Å². The number of hydrogen-bond donors (Lipinski definition) is 1. The predicted molar refractivity (Wildman–Crippen MR) is 234 cm³/mol. The van der Waals surface area contributed by atoms with Gasteiger partial charge in [-0.15, -0.1) is 0 Å². The van der Waals surface area contributed by atoms with Crippen LogP contribution in [0.2, 0.25) is 0 Å². The fraction of sp³-hybridized carbons (Fsp3) is 0.913. The number of hydrogen-bond acceptors (Lipinski definition) is 7. The molecule has 2 atom stereocenters. The van der Waals surface area contributed by atoms with E-state index in [1.807, 2.05) is 21.1 Å². The van der Waals surface area contributed by atoms with Crippen molar-refractivity contribution < 1.29 is 42.1 Å². The summed E-state index contributed by atoms with van der Waals surface area (Å²) >= 11 is 0. The zero-order chi connectivity index (χ0) is 41.4. The lowest BCUT2D eigenvalue weighted by atomic mass is 10.0. The lowest BCUT2D eigenvalue weighted by Gasteiger charge is -2.24. The molecule has 0 saturated carbocycles. The molecule has 1 unspecified atom stereocenters. The fourth-order valence-corrected chi connectivity index (χ4v) is 7.34. The van der Waals surface area contributed by atoms with Gasteiger partial charge in [-0.25, -0.2) is 4.57 Å². The van der Waals surface area contributed by atoms with Crippen molar-refractivity contribution in [1.29, 1.82) is 0 Å². The number of carbonyl (C=O) groups is 2. The van der Waals surface area contributed by atoms with Gasteiger partial charge in [-0.2, -0.15) is 0 Å². The topological polar surface area (TPSA) is 108 Å². The smallest absolute Gasteiger partial charge is 0.462 e. The highest BCUT2D eigenvalue weighted by atomic mass is 31.2. The maximum Gasteiger partial charge on any atom is 0.472 e. The first-order valence-corrected chi connectivity index (χ1v) is 24.9. The van der Waals surface area contributed by atoms with Gasteiger partial charge in [0.05, 0.1) is 27.7 Å². The Kier molecular flexibility index (Phi) is 38.3. The average Bonchev–Trinajstić information content (AvgIpc) is 3.15. The first kappa shape index (κ1) is 54.8. The second kappa shape index (κ2) is 39.2. The number of quaternary nitrogens is 1. The number of unbranched alkanes of at least 4 members (excludes halogenated alkanes) is 27. The Morgan fingerprint density at radius 1 is 0.536 bits per heavy atom. The van der Waals surface area contributed by atoms with Gasteiger partial charge in [-0.3, -0.25) is 18.6 Å². The number of rotatable bonds is 43. The molecule has 0 aliphatic carbocycles. The minimum absolute atomic E-state index is 0.0337. The standard InChI is InChI=1S/C46H90NO8P/c1-6-8-10-12-14-16-18-20-22-23-24-25-27-29-31-33-35-37-39-46(49)55-44(43-54-56(50,51)53-41-40-47(3,4)5)42-52-45(48)38-36-34-32-30-28-26-21-19-17-15-13-11-9-7-2/h19,21,44H,6-18,20,22-43H2,1-5H3/p+1/b21-19+/t44-/m1/s1. The fourth-order valence-electron chi connectivity index (χ4n) is 6.60. The molecule has 56 heavy (non-hydrogen) atoms. The van der Waals surface area contributed by atoms with Gasteiger partial charge < -0.3 is 18.9 Å². The minimum Gasteiger partial charge on any atom is -0.462 e. The molecule has 0 aliphatic rings. The summed E-state index contributed by atoms with van der Waals surface area (Å²) in [6, 6.07) is 0. The molecular weight excluding hydrogens is 725 g/mol. The molecule has 0 radical (unpaired) electrons. The zero-order valence-corrected chi connectivity index (χ0v) is 38.3. The number of carbonyl (C=O) groups excluding carboxylic acids is 2.